The second-order valence-corrected chi connectivity index (χ2v) is 9.10. The molecule has 0 N–H and O–H groups in total. The normalized spacial score (nSPS) is 12.6. The third kappa shape index (κ3) is 4.33. The molecule has 2 aromatic carbocycles. The van der Waals surface area contributed by atoms with E-state index in [0.717, 1.165) is 35.7 Å². The molecule has 36 heavy (non-hydrogen) atoms. The molecule has 0 unspecified atom stereocenters. The van der Waals surface area contributed by atoms with Crippen LogP contribution in [0.4, 0.5) is 0 Å². The van der Waals surface area contributed by atoms with Crippen molar-refractivity contribution in [2.45, 2.75) is 59.1 Å². The summed E-state index contributed by atoms with van der Waals surface area (Å²) >= 11 is 0. The molecule has 1 aliphatic rings. The van der Waals surface area contributed by atoms with Gasteiger partial charge in [0.15, 0.2) is 0 Å². The van der Waals surface area contributed by atoms with Gasteiger partial charge in [-0.05, 0) is 69.9 Å². The average Bonchev–Trinajstić information content (AvgIpc) is 3.59. The molecule has 0 amide bonds. The van der Waals surface area contributed by atoms with Crippen molar-refractivity contribution in [2.24, 2.45) is 0 Å². The highest BCUT2D eigenvalue weighted by Crippen LogP contribution is 2.39. The predicted molar refractivity (Wildman–Crippen MR) is 134 cm³/mol. The smallest absolute Gasteiger partial charge is 0.307 e. The topological polar surface area (TPSA) is 103 Å². The lowest BCUT2D eigenvalue weighted by Crippen LogP contribution is -2.10. The molecule has 0 radical (unpaired) electrons. The first-order valence-corrected chi connectivity index (χ1v) is 12.3. The summed E-state index contributed by atoms with van der Waals surface area (Å²) in [6, 6.07) is 13.5. The van der Waals surface area contributed by atoms with Gasteiger partial charge in [0.25, 0.3) is 5.89 Å². The van der Waals surface area contributed by atoms with Gasteiger partial charge in [0.1, 0.15) is 11.8 Å². The third-order valence-corrected chi connectivity index (χ3v) is 6.37. The van der Waals surface area contributed by atoms with E-state index in [2.05, 4.69) is 26.8 Å². The molecule has 5 rings (SSSR count). The second kappa shape index (κ2) is 9.86. The monoisotopic (exact) mass is 484 g/mol. The van der Waals surface area contributed by atoms with Crippen LogP contribution in [0.2, 0.25) is 0 Å². The van der Waals surface area contributed by atoms with Gasteiger partial charge >= 0.3 is 5.97 Å². The number of carbonyl (C=O) groups is 1. The number of hydrogen-bond donors (Lipinski definition) is 0. The molecule has 8 heteroatoms. The van der Waals surface area contributed by atoms with Crippen LogP contribution < -0.4 is 4.74 Å². The summed E-state index contributed by atoms with van der Waals surface area (Å²) in [6.45, 7) is 6.62. The molecular formula is C28H28N4O4. The third-order valence-electron chi connectivity index (χ3n) is 6.37. The van der Waals surface area contributed by atoms with E-state index in [4.69, 9.17) is 14.0 Å². The van der Waals surface area contributed by atoms with Gasteiger partial charge in [0.05, 0.1) is 24.7 Å². The van der Waals surface area contributed by atoms with Crippen molar-refractivity contribution in [3.05, 3.63) is 53.2 Å². The number of ether oxygens (including phenoxy) is 2. The van der Waals surface area contributed by atoms with E-state index in [9.17, 15) is 10.1 Å². The zero-order valence-electron chi connectivity index (χ0n) is 20.7. The van der Waals surface area contributed by atoms with Crippen LogP contribution in [0, 0.1) is 11.3 Å². The summed E-state index contributed by atoms with van der Waals surface area (Å²) in [5, 5.41) is 15.0. The molecule has 8 nitrogen and oxygen atoms in total. The lowest BCUT2D eigenvalue weighted by Gasteiger charge is -2.11. The van der Waals surface area contributed by atoms with Crippen molar-refractivity contribution >= 4 is 16.9 Å². The fourth-order valence-electron chi connectivity index (χ4n) is 4.96. The van der Waals surface area contributed by atoms with Crippen LogP contribution in [0.15, 0.2) is 40.9 Å². The first kappa shape index (κ1) is 23.6. The highest BCUT2D eigenvalue weighted by atomic mass is 16.5. The van der Waals surface area contributed by atoms with Gasteiger partial charge in [-0.1, -0.05) is 17.3 Å². The Labute approximate surface area is 209 Å². The minimum atomic E-state index is -0.188. The summed E-state index contributed by atoms with van der Waals surface area (Å²) < 4.78 is 18.7. The maximum Gasteiger partial charge on any atom is 0.307 e. The largest absolute Gasteiger partial charge is 0.490 e. The summed E-state index contributed by atoms with van der Waals surface area (Å²) in [4.78, 5) is 16.7. The van der Waals surface area contributed by atoms with Crippen LogP contribution in [-0.4, -0.2) is 33.4 Å². The SMILES string of the molecule is CCOC(=O)CCn1c2c(c3c(-c4noc(-c5ccc(OC(C)C)c(C#N)c5)n4)cccc31)CCC2. The van der Waals surface area contributed by atoms with Crippen LogP contribution in [0.1, 0.15) is 50.4 Å². The van der Waals surface area contributed by atoms with Crippen molar-refractivity contribution < 1.29 is 18.8 Å². The van der Waals surface area contributed by atoms with E-state index in [-0.39, 0.29) is 12.1 Å². The Balaban J connectivity index is 1.52. The van der Waals surface area contributed by atoms with E-state index in [1.165, 1.54) is 11.3 Å². The van der Waals surface area contributed by atoms with Crippen LogP contribution in [0.3, 0.4) is 0 Å². The summed E-state index contributed by atoms with van der Waals surface area (Å²) in [7, 11) is 0. The fraction of sp³-hybridized carbons (Fsp3) is 0.357. The van der Waals surface area contributed by atoms with Gasteiger partial charge in [-0.15, -0.1) is 0 Å². The number of aryl methyl sites for hydroxylation is 2. The highest BCUT2D eigenvalue weighted by molar-refractivity contribution is 5.98. The fourth-order valence-corrected chi connectivity index (χ4v) is 4.96. The van der Waals surface area contributed by atoms with E-state index >= 15 is 0 Å². The van der Waals surface area contributed by atoms with E-state index in [1.54, 1.807) is 12.1 Å². The van der Waals surface area contributed by atoms with E-state index in [0.29, 0.717) is 48.2 Å². The Morgan fingerprint density at radius 1 is 1.25 bits per heavy atom. The van der Waals surface area contributed by atoms with Crippen molar-refractivity contribution in [1.82, 2.24) is 14.7 Å². The Morgan fingerprint density at radius 3 is 2.89 bits per heavy atom. The number of rotatable bonds is 8. The van der Waals surface area contributed by atoms with Gasteiger partial charge in [-0.3, -0.25) is 4.79 Å². The molecular weight excluding hydrogens is 456 g/mol. The molecule has 0 spiro atoms. The maximum absolute atomic E-state index is 12.0. The first-order chi connectivity index (χ1) is 17.5. The number of benzene rings is 2. The van der Waals surface area contributed by atoms with Gasteiger partial charge in [0.2, 0.25) is 5.82 Å². The lowest BCUT2D eigenvalue weighted by atomic mass is 10.0. The summed E-state index contributed by atoms with van der Waals surface area (Å²) in [6.07, 6.45) is 3.32. The molecule has 0 fully saturated rings. The van der Waals surface area contributed by atoms with Gasteiger partial charge in [-0.25, -0.2) is 0 Å². The number of carbonyl (C=O) groups excluding carboxylic acids is 1. The Hall–Kier alpha value is -4.12. The molecule has 0 aliphatic heterocycles. The molecule has 0 saturated carbocycles. The van der Waals surface area contributed by atoms with Gasteiger partial charge < -0.3 is 18.6 Å². The van der Waals surface area contributed by atoms with E-state index < -0.39 is 0 Å². The Morgan fingerprint density at radius 2 is 2.11 bits per heavy atom. The molecule has 2 heterocycles. The molecule has 2 aromatic heterocycles. The number of hydrogen-bond acceptors (Lipinski definition) is 7. The number of nitrogens with zero attached hydrogens (tertiary/aromatic N) is 4. The number of nitriles is 1. The Bertz CT molecular complexity index is 1470. The molecule has 0 atom stereocenters. The lowest BCUT2D eigenvalue weighted by molar-refractivity contribution is -0.143. The van der Waals surface area contributed by atoms with Gasteiger partial charge in [0, 0.05) is 34.3 Å². The number of fused-ring (bicyclic) bond motifs is 3. The predicted octanol–water partition coefficient (Wildman–Crippen LogP) is 5.46. The molecule has 0 bridgehead atoms. The van der Waals surface area contributed by atoms with Crippen molar-refractivity contribution in [3.63, 3.8) is 0 Å². The second-order valence-electron chi connectivity index (χ2n) is 9.10. The molecule has 184 valence electrons. The quantitative estimate of drug-likeness (QED) is 0.306. The summed E-state index contributed by atoms with van der Waals surface area (Å²) in [5.74, 6) is 1.17. The number of aromatic nitrogens is 3. The standard InChI is InChI=1S/C28H28N4O4/c1-4-34-25(33)13-14-32-22-9-5-7-20(22)26-21(8-6-10-23(26)32)27-30-28(36-31-27)18-11-12-24(35-17(2)3)19(15-18)16-29/h6,8,10-12,15,17H,4-5,7,9,13-14H2,1-3H3. The minimum Gasteiger partial charge on any atom is -0.490 e. The van der Waals surface area contributed by atoms with Crippen molar-refractivity contribution in [2.75, 3.05) is 6.61 Å². The van der Waals surface area contributed by atoms with Crippen molar-refractivity contribution in [3.8, 4) is 34.7 Å². The highest BCUT2D eigenvalue weighted by Gasteiger charge is 2.25. The minimum absolute atomic E-state index is 0.0372. The van der Waals surface area contributed by atoms with Crippen LogP contribution in [0.25, 0.3) is 33.7 Å². The van der Waals surface area contributed by atoms with Gasteiger partial charge in [-0.2, -0.15) is 10.2 Å². The number of esters is 1. The molecule has 0 saturated heterocycles. The molecule has 4 aromatic rings. The Kier molecular flexibility index (Phi) is 6.47. The maximum atomic E-state index is 12.0. The average molecular weight is 485 g/mol. The summed E-state index contributed by atoms with van der Waals surface area (Å²) in [5.41, 5.74) is 5.60. The van der Waals surface area contributed by atoms with Crippen molar-refractivity contribution in [1.29, 1.82) is 5.26 Å². The van der Waals surface area contributed by atoms with Crippen LogP contribution >= 0.6 is 0 Å². The zero-order valence-corrected chi connectivity index (χ0v) is 20.7. The van der Waals surface area contributed by atoms with Crippen LogP contribution in [-0.2, 0) is 28.9 Å². The molecule has 1 aliphatic carbocycles. The zero-order chi connectivity index (χ0) is 25.2. The van der Waals surface area contributed by atoms with Crippen LogP contribution in [0.5, 0.6) is 5.75 Å². The van der Waals surface area contributed by atoms with E-state index in [1.807, 2.05) is 39.0 Å². The first-order valence-electron chi connectivity index (χ1n) is 12.3.